The standard InChI is InChI=1S/C29H23N3O3S2/c1-35-29(34)23-18-13-8-14-21(18)36-28(23)32-26(33)25-24(30)22-19(16-9-4-2-5-10-16)15-20(31-27(22)37-25)17-11-6-3-7-12-17/h2-7,9-12,15H,8,13-14,30H2,1H3,(H,32,33). The second-order valence-electron chi connectivity index (χ2n) is 8.82. The highest BCUT2D eigenvalue weighted by Crippen LogP contribution is 2.43. The highest BCUT2D eigenvalue weighted by molar-refractivity contribution is 7.21. The summed E-state index contributed by atoms with van der Waals surface area (Å²) >= 11 is 2.70. The average molecular weight is 526 g/mol. The molecule has 0 atom stereocenters. The van der Waals surface area contributed by atoms with Gasteiger partial charge in [0.2, 0.25) is 0 Å². The van der Waals surface area contributed by atoms with Gasteiger partial charge in [-0.1, -0.05) is 60.7 Å². The molecule has 5 aromatic rings. The molecule has 1 aliphatic rings. The van der Waals surface area contributed by atoms with Crippen molar-refractivity contribution in [3.05, 3.63) is 87.6 Å². The van der Waals surface area contributed by atoms with Gasteiger partial charge in [0.05, 0.1) is 24.1 Å². The number of anilines is 2. The monoisotopic (exact) mass is 525 g/mol. The summed E-state index contributed by atoms with van der Waals surface area (Å²) in [6, 6.07) is 21.9. The van der Waals surface area contributed by atoms with Crippen LogP contribution in [0.25, 0.3) is 32.6 Å². The third kappa shape index (κ3) is 4.08. The Morgan fingerprint density at radius 1 is 0.973 bits per heavy atom. The molecule has 0 aliphatic heterocycles. The van der Waals surface area contributed by atoms with Crippen LogP contribution in [0.1, 0.15) is 36.9 Å². The first-order valence-corrected chi connectivity index (χ1v) is 13.6. The number of esters is 1. The molecule has 3 N–H and O–H groups in total. The Morgan fingerprint density at radius 2 is 1.68 bits per heavy atom. The van der Waals surface area contributed by atoms with E-state index in [0.717, 1.165) is 57.5 Å². The molecule has 0 saturated heterocycles. The summed E-state index contributed by atoms with van der Waals surface area (Å²) in [6.07, 6.45) is 2.71. The van der Waals surface area contributed by atoms with Crippen LogP contribution in [0.5, 0.6) is 0 Å². The fraction of sp³-hybridized carbons (Fsp3) is 0.138. The number of aromatic nitrogens is 1. The molecule has 3 heterocycles. The van der Waals surface area contributed by atoms with Crippen LogP contribution in [0, 0.1) is 0 Å². The van der Waals surface area contributed by atoms with Crippen molar-refractivity contribution < 1.29 is 14.3 Å². The maximum Gasteiger partial charge on any atom is 0.341 e. The van der Waals surface area contributed by atoms with E-state index < -0.39 is 5.97 Å². The van der Waals surface area contributed by atoms with Gasteiger partial charge in [0, 0.05) is 15.8 Å². The van der Waals surface area contributed by atoms with Gasteiger partial charge in [-0.25, -0.2) is 9.78 Å². The molecule has 1 aliphatic carbocycles. The van der Waals surface area contributed by atoms with E-state index in [1.54, 1.807) is 0 Å². The number of nitrogens with zero attached hydrogens (tertiary/aromatic N) is 1. The fourth-order valence-corrected chi connectivity index (χ4v) is 7.15. The van der Waals surface area contributed by atoms with Gasteiger partial charge in [-0.2, -0.15) is 0 Å². The number of methoxy groups -OCH3 is 1. The summed E-state index contributed by atoms with van der Waals surface area (Å²) in [5.74, 6) is -0.787. The van der Waals surface area contributed by atoms with Crippen LogP contribution in [0.2, 0.25) is 0 Å². The van der Waals surface area contributed by atoms with Crippen molar-refractivity contribution in [2.45, 2.75) is 19.3 Å². The van der Waals surface area contributed by atoms with Gasteiger partial charge in [-0.3, -0.25) is 4.79 Å². The molecule has 0 unspecified atom stereocenters. The number of benzene rings is 2. The molecule has 0 saturated carbocycles. The number of nitrogen functional groups attached to an aromatic ring is 1. The third-order valence-corrected chi connectivity index (χ3v) is 8.90. The fourth-order valence-electron chi connectivity index (χ4n) is 4.86. The molecular formula is C29H23N3O3S2. The maximum atomic E-state index is 13.5. The second kappa shape index (κ2) is 9.46. The minimum atomic E-state index is -0.431. The number of hydrogen-bond donors (Lipinski definition) is 2. The number of nitrogens with one attached hydrogen (secondary N) is 1. The van der Waals surface area contributed by atoms with Crippen molar-refractivity contribution in [1.82, 2.24) is 4.98 Å². The van der Waals surface area contributed by atoms with Gasteiger partial charge in [0.25, 0.3) is 5.91 Å². The predicted octanol–water partition coefficient (Wildman–Crippen LogP) is 6.80. The van der Waals surface area contributed by atoms with E-state index in [0.29, 0.717) is 26.0 Å². The summed E-state index contributed by atoms with van der Waals surface area (Å²) in [6.45, 7) is 0. The Hall–Kier alpha value is -4.01. The summed E-state index contributed by atoms with van der Waals surface area (Å²) in [4.78, 5) is 33.2. The van der Waals surface area contributed by atoms with Crippen molar-refractivity contribution in [3.8, 4) is 22.4 Å². The number of pyridine rings is 1. The van der Waals surface area contributed by atoms with E-state index in [9.17, 15) is 9.59 Å². The molecule has 3 aromatic heterocycles. The quantitative estimate of drug-likeness (QED) is 0.246. The van der Waals surface area contributed by atoms with Crippen LogP contribution < -0.4 is 11.1 Å². The SMILES string of the molecule is COC(=O)c1c(NC(=O)c2sc3nc(-c4ccccc4)cc(-c4ccccc4)c3c2N)sc2c1CCC2. The number of carbonyl (C=O) groups excluding carboxylic acids is 2. The second-order valence-corrected chi connectivity index (χ2v) is 10.9. The van der Waals surface area contributed by atoms with Crippen LogP contribution in [-0.4, -0.2) is 24.0 Å². The van der Waals surface area contributed by atoms with E-state index in [4.69, 9.17) is 15.5 Å². The predicted molar refractivity (Wildman–Crippen MR) is 151 cm³/mol. The largest absolute Gasteiger partial charge is 0.465 e. The molecule has 8 heteroatoms. The van der Waals surface area contributed by atoms with E-state index in [2.05, 4.69) is 5.32 Å². The summed E-state index contributed by atoms with van der Waals surface area (Å²) in [5.41, 5.74) is 12.2. The summed E-state index contributed by atoms with van der Waals surface area (Å²) in [7, 11) is 1.36. The minimum Gasteiger partial charge on any atom is -0.465 e. The number of nitrogens with two attached hydrogens (primary N) is 1. The van der Waals surface area contributed by atoms with Gasteiger partial charge >= 0.3 is 5.97 Å². The van der Waals surface area contributed by atoms with Gasteiger partial charge in [-0.05, 0) is 42.0 Å². The number of hydrogen-bond acceptors (Lipinski definition) is 7. The van der Waals surface area contributed by atoms with Gasteiger partial charge in [0.15, 0.2) is 0 Å². The molecule has 6 rings (SSSR count). The average Bonchev–Trinajstić information content (AvgIpc) is 3.62. The lowest BCUT2D eigenvalue weighted by Crippen LogP contribution is -2.14. The molecule has 6 nitrogen and oxygen atoms in total. The van der Waals surface area contributed by atoms with E-state index in [1.807, 2.05) is 66.7 Å². The first kappa shape index (κ1) is 23.4. The molecule has 0 radical (unpaired) electrons. The summed E-state index contributed by atoms with van der Waals surface area (Å²) < 4.78 is 5.02. The van der Waals surface area contributed by atoms with Crippen molar-refractivity contribution in [2.24, 2.45) is 0 Å². The van der Waals surface area contributed by atoms with Crippen LogP contribution in [0.15, 0.2) is 66.7 Å². The van der Waals surface area contributed by atoms with E-state index in [1.165, 1.54) is 29.8 Å². The van der Waals surface area contributed by atoms with Crippen molar-refractivity contribution in [3.63, 3.8) is 0 Å². The Bertz CT molecular complexity index is 1660. The number of ether oxygens (including phenoxy) is 1. The van der Waals surface area contributed by atoms with Gasteiger partial charge in [0.1, 0.15) is 14.7 Å². The van der Waals surface area contributed by atoms with Crippen molar-refractivity contribution >= 4 is 55.5 Å². The Balaban J connectivity index is 1.47. The van der Waals surface area contributed by atoms with E-state index in [-0.39, 0.29) is 5.91 Å². The molecular weight excluding hydrogens is 502 g/mol. The van der Waals surface area contributed by atoms with Crippen molar-refractivity contribution in [2.75, 3.05) is 18.2 Å². The third-order valence-electron chi connectivity index (χ3n) is 6.60. The van der Waals surface area contributed by atoms with Gasteiger partial charge in [-0.15, -0.1) is 22.7 Å². The number of amides is 1. The zero-order valence-corrected chi connectivity index (χ0v) is 21.7. The zero-order valence-electron chi connectivity index (χ0n) is 20.0. The highest BCUT2D eigenvalue weighted by Gasteiger charge is 2.29. The number of rotatable bonds is 5. The number of fused-ring (bicyclic) bond motifs is 2. The molecule has 184 valence electrons. The Kier molecular flexibility index (Phi) is 5.98. The van der Waals surface area contributed by atoms with Gasteiger partial charge < -0.3 is 15.8 Å². The number of carbonyl (C=O) groups is 2. The lowest BCUT2D eigenvalue weighted by atomic mass is 9.99. The number of aryl methyl sites for hydroxylation is 1. The minimum absolute atomic E-state index is 0.356. The topological polar surface area (TPSA) is 94.3 Å². The van der Waals surface area contributed by atoms with Crippen LogP contribution in [0.3, 0.4) is 0 Å². The van der Waals surface area contributed by atoms with Crippen LogP contribution >= 0.6 is 22.7 Å². The molecule has 0 fully saturated rings. The molecule has 37 heavy (non-hydrogen) atoms. The lowest BCUT2D eigenvalue weighted by molar-refractivity contribution is 0.0601. The molecule has 1 amide bonds. The molecule has 2 aromatic carbocycles. The van der Waals surface area contributed by atoms with Crippen LogP contribution in [-0.2, 0) is 17.6 Å². The van der Waals surface area contributed by atoms with Crippen LogP contribution in [0.4, 0.5) is 10.7 Å². The molecule has 0 spiro atoms. The zero-order chi connectivity index (χ0) is 25.5. The molecule has 0 bridgehead atoms. The lowest BCUT2D eigenvalue weighted by Gasteiger charge is -2.09. The summed E-state index contributed by atoms with van der Waals surface area (Å²) in [5, 5.41) is 4.23. The van der Waals surface area contributed by atoms with Crippen molar-refractivity contribution in [1.29, 1.82) is 0 Å². The first-order chi connectivity index (χ1) is 18.0. The Labute approximate surface area is 221 Å². The number of thiophene rings is 2. The first-order valence-electron chi connectivity index (χ1n) is 11.9. The maximum absolute atomic E-state index is 13.5. The Morgan fingerprint density at radius 3 is 2.38 bits per heavy atom. The smallest absolute Gasteiger partial charge is 0.341 e. The highest BCUT2D eigenvalue weighted by atomic mass is 32.1. The van der Waals surface area contributed by atoms with E-state index >= 15 is 0 Å². The normalized spacial score (nSPS) is 12.5.